The SMILES string of the molecule is CCN1C(=O)C[C@H]([C@]2(Cc3ccccc3)C(=O)N(Cc3ccccc3)c3ccc(C)cc32)C1=O. The van der Waals surface area contributed by atoms with Gasteiger partial charge < -0.3 is 4.90 Å². The van der Waals surface area contributed by atoms with Crippen LogP contribution in [-0.2, 0) is 32.8 Å². The molecule has 0 radical (unpaired) electrons. The Kier molecular flexibility index (Phi) is 5.56. The molecule has 1 saturated heterocycles. The Bertz CT molecular complexity index is 1250. The highest BCUT2D eigenvalue weighted by molar-refractivity contribution is 6.14. The van der Waals surface area contributed by atoms with Crippen LogP contribution in [0.3, 0.4) is 0 Å². The molecule has 5 nitrogen and oxygen atoms in total. The van der Waals surface area contributed by atoms with E-state index in [1.807, 2.05) is 85.8 Å². The van der Waals surface area contributed by atoms with Crippen LogP contribution in [0, 0.1) is 12.8 Å². The van der Waals surface area contributed by atoms with Crippen molar-refractivity contribution < 1.29 is 14.4 Å². The predicted molar refractivity (Wildman–Crippen MR) is 131 cm³/mol. The molecule has 34 heavy (non-hydrogen) atoms. The first kappa shape index (κ1) is 22.1. The first-order valence-corrected chi connectivity index (χ1v) is 11.8. The van der Waals surface area contributed by atoms with Gasteiger partial charge in [0.2, 0.25) is 17.7 Å². The fourth-order valence-corrected chi connectivity index (χ4v) is 5.58. The number of nitrogens with zero attached hydrogens (tertiary/aromatic N) is 2. The summed E-state index contributed by atoms with van der Waals surface area (Å²) >= 11 is 0. The monoisotopic (exact) mass is 452 g/mol. The van der Waals surface area contributed by atoms with Crippen LogP contribution in [0.1, 0.15) is 35.6 Å². The highest BCUT2D eigenvalue weighted by Crippen LogP contribution is 2.52. The Hall–Kier alpha value is -3.73. The number of carbonyl (C=O) groups excluding carboxylic acids is 3. The summed E-state index contributed by atoms with van der Waals surface area (Å²) in [6.45, 7) is 4.53. The summed E-state index contributed by atoms with van der Waals surface area (Å²) in [6.07, 6.45) is 0.424. The molecule has 0 aromatic heterocycles. The Balaban J connectivity index is 1.70. The number of fused-ring (bicyclic) bond motifs is 1. The van der Waals surface area contributed by atoms with Gasteiger partial charge in [0, 0.05) is 18.7 Å². The number of amides is 3. The van der Waals surface area contributed by atoms with Gasteiger partial charge in [-0.25, -0.2) is 0 Å². The number of imide groups is 1. The predicted octanol–water partition coefficient (Wildman–Crippen LogP) is 4.42. The summed E-state index contributed by atoms with van der Waals surface area (Å²) < 4.78 is 0. The van der Waals surface area contributed by atoms with E-state index in [0.29, 0.717) is 19.5 Å². The molecule has 0 spiro atoms. The average Bonchev–Trinajstić information content (AvgIpc) is 3.26. The van der Waals surface area contributed by atoms with E-state index in [1.54, 1.807) is 11.8 Å². The second kappa shape index (κ2) is 8.56. The van der Waals surface area contributed by atoms with Crippen LogP contribution in [0.4, 0.5) is 5.69 Å². The minimum absolute atomic E-state index is 0.0534. The Labute approximate surface area is 200 Å². The van der Waals surface area contributed by atoms with E-state index in [-0.39, 0.29) is 24.1 Å². The van der Waals surface area contributed by atoms with E-state index >= 15 is 0 Å². The first-order valence-electron chi connectivity index (χ1n) is 11.8. The number of likely N-dealkylation sites (tertiary alicyclic amines) is 1. The fourth-order valence-electron chi connectivity index (χ4n) is 5.58. The number of aryl methyl sites for hydroxylation is 1. The summed E-state index contributed by atoms with van der Waals surface area (Å²) in [4.78, 5) is 44.0. The number of carbonyl (C=O) groups is 3. The Morgan fingerprint density at radius 2 is 1.50 bits per heavy atom. The molecular weight excluding hydrogens is 424 g/mol. The van der Waals surface area contributed by atoms with Crippen molar-refractivity contribution in [3.63, 3.8) is 0 Å². The molecule has 2 atom stereocenters. The average molecular weight is 453 g/mol. The van der Waals surface area contributed by atoms with E-state index in [2.05, 4.69) is 0 Å². The molecular formula is C29H28N2O3. The Morgan fingerprint density at radius 3 is 2.12 bits per heavy atom. The lowest BCUT2D eigenvalue weighted by Gasteiger charge is -2.33. The van der Waals surface area contributed by atoms with E-state index < -0.39 is 11.3 Å². The van der Waals surface area contributed by atoms with Gasteiger partial charge in [-0.1, -0.05) is 78.4 Å². The van der Waals surface area contributed by atoms with E-state index in [1.165, 1.54) is 4.90 Å². The molecule has 2 aliphatic rings. The second-order valence-corrected chi connectivity index (χ2v) is 9.26. The molecule has 2 heterocycles. The number of benzene rings is 3. The molecule has 3 aromatic rings. The molecule has 0 bridgehead atoms. The molecule has 0 aliphatic carbocycles. The quantitative estimate of drug-likeness (QED) is 0.521. The smallest absolute Gasteiger partial charge is 0.239 e. The maximum Gasteiger partial charge on any atom is 0.239 e. The number of rotatable bonds is 6. The number of anilines is 1. The lowest BCUT2D eigenvalue weighted by molar-refractivity contribution is -0.141. The summed E-state index contributed by atoms with van der Waals surface area (Å²) in [6, 6.07) is 25.7. The van der Waals surface area contributed by atoms with Gasteiger partial charge in [-0.3, -0.25) is 19.3 Å². The van der Waals surface area contributed by atoms with Gasteiger partial charge in [0.25, 0.3) is 0 Å². The molecule has 5 heteroatoms. The largest absolute Gasteiger partial charge is 0.307 e. The van der Waals surface area contributed by atoms with Crippen molar-refractivity contribution in [1.82, 2.24) is 4.90 Å². The van der Waals surface area contributed by atoms with Crippen molar-refractivity contribution in [3.05, 3.63) is 101 Å². The zero-order chi connectivity index (χ0) is 23.9. The van der Waals surface area contributed by atoms with Crippen molar-refractivity contribution in [2.45, 2.75) is 38.6 Å². The maximum absolute atomic E-state index is 14.5. The summed E-state index contributed by atoms with van der Waals surface area (Å²) in [5.74, 6) is -1.28. The summed E-state index contributed by atoms with van der Waals surface area (Å²) in [5, 5.41) is 0. The molecule has 3 amide bonds. The fraction of sp³-hybridized carbons (Fsp3) is 0.276. The lowest BCUT2D eigenvalue weighted by atomic mass is 9.66. The zero-order valence-corrected chi connectivity index (χ0v) is 19.5. The minimum Gasteiger partial charge on any atom is -0.307 e. The van der Waals surface area contributed by atoms with Gasteiger partial charge in [0.1, 0.15) is 0 Å². The molecule has 0 saturated carbocycles. The van der Waals surface area contributed by atoms with Gasteiger partial charge in [0.15, 0.2) is 0 Å². The molecule has 2 aliphatic heterocycles. The minimum atomic E-state index is -1.13. The third-order valence-electron chi connectivity index (χ3n) is 7.21. The maximum atomic E-state index is 14.5. The van der Waals surface area contributed by atoms with Crippen LogP contribution >= 0.6 is 0 Å². The normalized spacial score (nSPS) is 21.9. The van der Waals surface area contributed by atoms with Crippen LogP contribution in [0.25, 0.3) is 0 Å². The van der Waals surface area contributed by atoms with Crippen molar-refractivity contribution in [3.8, 4) is 0 Å². The summed E-state index contributed by atoms with van der Waals surface area (Å²) in [7, 11) is 0. The number of hydrogen-bond donors (Lipinski definition) is 0. The van der Waals surface area contributed by atoms with Crippen molar-refractivity contribution in [1.29, 1.82) is 0 Å². The summed E-state index contributed by atoms with van der Waals surface area (Å²) in [5.41, 5.74) is 3.55. The lowest BCUT2D eigenvalue weighted by Crippen LogP contribution is -2.49. The molecule has 3 aromatic carbocycles. The van der Waals surface area contributed by atoms with Crippen LogP contribution in [0.2, 0.25) is 0 Å². The molecule has 0 unspecified atom stereocenters. The van der Waals surface area contributed by atoms with Crippen molar-refractivity contribution in [2.24, 2.45) is 5.92 Å². The third kappa shape index (κ3) is 3.43. The van der Waals surface area contributed by atoms with Crippen LogP contribution < -0.4 is 4.90 Å². The van der Waals surface area contributed by atoms with Gasteiger partial charge in [-0.15, -0.1) is 0 Å². The first-order chi connectivity index (χ1) is 16.5. The van der Waals surface area contributed by atoms with E-state index in [0.717, 1.165) is 27.9 Å². The van der Waals surface area contributed by atoms with Crippen LogP contribution in [0.5, 0.6) is 0 Å². The molecule has 1 fully saturated rings. The highest BCUT2D eigenvalue weighted by atomic mass is 16.2. The van der Waals surface area contributed by atoms with Gasteiger partial charge >= 0.3 is 0 Å². The molecule has 5 rings (SSSR count). The van der Waals surface area contributed by atoms with Crippen molar-refractivity contribution >= 4 is 23.4 Å². The Morgan fingerprint density at radius 1 is 0.853 bits per heavy atom. The third-order valence-corrected chi connectivity index (χ3v) is 7.21. The highest BCUT2D eigenvalue weighted by Gasteiger charge is 2.61. The topological polar surface area (TPSA) is 57.7 Å². The van der Waals surface area contributed by atoms with Crippen LogP contribution in [-0.4, -0.2) is 29.2 Å². The van der Waals surface area contributed by atoms with Gasteiger partial charge in [0.05, 0.1) is 17.9 Å². The van der Waals surface area contributed by atoms with Crippen molar-refractivity contribution in [2.75, 3.05) is 11.4 Å². The van der Waals surface area contributed by atoms with Gasteiger partial charge in [-0.05, 0) is 43.0 Å². The molecule has 172 valence electrons. The molecule has 0 N–H and O–H groups in total. The second-order valence-electron chi connectivity index (χ2n) is 9.26. The standard InChI is InChI=1S/C29H28N2O3/c1-3-30-26(32)17-24(27(30)33)29(18-21-10-6-4-7-11-21)23-16-20(2)14-15-25(23)31(28(29)34)19-22-12-8-5-9-13-22/h4-16,24H,3,17-19H2,1-2H3/t24-,29+/m0/s1. The van der Waals surface area contributed by atoms with Crippen LogP contribution in [0.15, 0.2) is 78.9 Å². The number of hydrogen-bond acceptors (Lipinski definition) is 3. The van der Waals surface area contributed by atoms with E-state index in [4.69, 9.17) is 0 Å². The zero-order valence-electron chi connectivity index (χ0n) is 19.5. The van der Waals surface area contributed by atoms with E-state index in [9.17, 15) is 14.4 Å². The van der Waals surface area contributed by atoms with Gasteiger partial charge in [-0.2, -0.15) is 0 Å².